The molecule has 5 nitrogen and oxygen atoms in total. The Labute approximate surface area is 122 Å². The Morgan fingerprint density at radius 3 is 2.67 bits per heavy atom. The number of fused-ring (bicyclic) bond motifs is 1. The summed E-state index contributed by atoms with van der Waals surface area (Å²) >= 11 is 0. The molecule has 0 radical (unpaired) electrons. The molecule has 21 heavy (non-hydrogen) atoms. The topological polar surface area (TPSA) is 72.0 Å². The summed E-state index contributed by atoms with van der Waals surface area (Å²) in [5.41, 5.74) is 0.967. The first-order chi connectivity index (χ1) is 10.1. The fourth-order valence-electron chi connectivity index (χ4n) is 2.05. The van der Waals surface area contributed by atoms with Crippen molar-refractivity contribution in [2.75, 3.05) is 4.72 Å². The van der Waals surface area contributed by atoms with Crippen molar-refractivity contribution in [3.05, 3.63) is 60.6 Å². The van der Waals surface area contributed by atoms with Gasteiger partial charge in [0.2, 0.25) is 0 Å². The quantitative estimate of drug-likeness (QED) is 0.807. The number of benzene rings is 1. The van der Waals surface area contributed by atoms with E-state index in [0.29, 0.717) is 11.2 Å². The number of hydrogen-bond donors (Lipinski definition) is 1. The number of anilines is 1. The van der Waals surface area contributed by atoms with Gasteiger partial charge in [0.05, 0.1) is 4.90 Å². The maximum absolute atomic E-state index is 12.5. The lowest BCUT2D eigenvalue weighted by Gasteiger charge is -2.09. The zero-order valence-corrected chi connectivity index (χ0v) is 12.1. The third-order valence-corrected chi connectivity index (χ3v) is 4.49. The van der Waals surface area contributed by atoms with Crippen molar-refractivity contribution in [1.82, 2.24) is 9.97 Å². The van der Waals surface area contributed by atoms with Crippen LogP contribution in [-0.4, -0.2) is 18.4 Å². The molecule has 0 spiro atoms. The van der Waals surface area contributed by atoms with E-state index in [1.807, 2.05) is 13.0 Å². The second-order valence-electron chi connectivity index (χ2n) is 4.68. The minimum atomic E-state index is -3.69. The maximum Gasteiger partial charge on any atom is 0.263 e. The van der Waals surface area contributed by atoms with E-state index >= 15 is 0 Å². The molecule has 1 aromatic carbocycles. The fraction of sp³-hybridized carbons (Fsp3) is 0.0667. The molecule has 2 aromatic heterocycles. The predicted molar refractivity (Wildman–Crippen MR) is 81.5 cm³/mol. The van der Waals surface area contributed by atoms with Gasteiger partial charge in [0.25, 0.3) is 10.0 Å². The van der Waals surface area contributed by atoms with Crippen LogP contribution < -0.4 is 4.72 Å². The van der Waals surface area contributed by atoms with Crippen molar-refractivity contribution in [1.29, 1.82) is 0 Å². The largest absolute Gasteiger partial charge is 0.264 e. The van der Waals surface area contributed by atoms with Crippen LogP contribution in [0, 0.1) is 6.92 Å². The van der Waals surface area contributed by atoms with Crippen LogP contribution in [0.15, 0.2) is 59.9 Å². The van der Waals surface area contributed by atoms with Gasteiger partial charge < -0.3 is 0 Å². The Hall–Kier alpha value is -2.47. The molecular weight excluding hydrogens is 286 g/mol. The molecule has 0 saturated carbocycles. The van der Waals surface area contributed by atoms with Gasteiger partial charge in [0.1, 0.15) is 5.82 Å². The van der Waals surface area contributed by atoms with Gasteiger partial charge in [-0.3, -0.25) is 9.71 Å². The third kappa shape index (κ3) is 2.71. The summed E-state index contributed by atoms with van der Waals surface area (Å²) in [6.07, 6.45) is 4.83. The van der Waals surface area contributed by atoms with E-state index in [1.54, 1.807) is 48.9 Å². The summed E-state index contributed by atoms with van der Waals surface area (Å²) in [6, 6.07) is 10.2. The van der Waals surface area contributed by atoms with Gasteiger partial charge in [-0.1, -0.05) is 18.2 Å². The standard InChI is InChI=1S/C15H13N3O2S/c1-11-5-6-15(17-9-11)18-21(19,20)14-4-2-3-12-10-16-8-7-13(12)14/h2-10H,1H3,(H,17,18). The number of aromatic nitrogens is 2. The van der Waals surface area contributed by atoms with Gasteiger partial charge in [-0.25, -0.2) is 13.4 Å². The normalized spacial score (nSPS) is 11.5. The van der Waals surface area contributed by atoms with Crippen molar-refractivity contribution in [2.45, 2.75) is 11.8 Å². The van der Waals surface area contributed by atoms with Crippen molar-refractivity contribution in [3.63, 3.8) is 0 Å². The van der Waals surface area contributed by atoms with Crippen LogP contribution in [0.1, 0.15) is 5.56 Å². The van der Waals surface area contributed by atoms with Crippen molar-refractivity contribution in [3.8, 4) is 0 Å². The van der Waals surface area contributed by atoms with Crippen LogP contribution in [0.25, 0.3) is 10.8 Å². The van der Waals surface area contributed by atoms with Crippen LogP contribution in [0.3, 0.4) is 0 Å². The Kier molecular flexibility index (Phi) is 3.31. The number of rotatable bonds is 3. The molecule has 6 heteroatoms. The summed E-state index contributed by atoms with van der Waals surface area (Å²) < 4.78 is 27.6. The third-order valence-electron chi connectivity index (χ3n) is 3.08. The highest BCUT2D eigenvalue weighted by Crippen LogP contribution is 2.23. The average molecular weight is 299 g/mol. The van der Waals surface area contributed by atoms with E-state index in [1.165, 1.54) is 0 Å². The zero-order chi connectivity index (χ0) is 14.9. The van der Waals surface area contributed by atoms with E-state index in [2.05, 4.69) is 14.7 Å². The molecule has 3 rings (SSSR count). The molecule has 0 saturated heterocycles. The van der Waals surface area contributed by atoms with Gasteiger partial charge in [-0.05, 0) is 30.7 Å². The van der Waals surface area contributed by atoms with Crippen LogP contribution >= 0.6 is 0 Å². The Morgan fingerprint density at radius 2 is 1.90 bits per heavy atom. The molecule has 0 unspecified atom stereocenters. The SMILES string of the molecule is Cc1ccc(NS(=O)(=O)c2cccc3cnccc23)nc1. The first kappa shape index (κ1) is 13.5. The minimum Gasteiger partial charge on any atom is -0.264 e. The molecule has 0 aliphatic heterocycles. The number of sulfonamides is 1. The molecular formula is C15H13N3O2S. The van der Waals surface area contributed by atoms with Crippen LogP contribution in [0.5, 0.6) is 0 Å². The number of hydrogen-bond acceptors (Lipinski definition) is 4. The van der Waals surface area contributed by atoms with E-state index in [4.69, 9.17) is 0 Å². The number of aryl methyl sites for hydroxylation is 1. The van der Waals surface area contributed by atoms with Crippen LogP contribution in [0.4, 0.5) is 5.82 Å². The lowest BCUT2D eigenvalue weighted by molar-refractivity contribution is 0.602. The predicted octanol–water partition coefficient (Wildman–Crippen LogP) is 2.74. The highest BCUT2D eigenvalue weighted by molar-refractivity contribution is 7.93. The minimum absolute atomic E-state index is 0.213. The highest BCUT2D eigenvalue weighted by Gasteiger charge is 2.17. The van der Waals surface area contributed by atoms with Crippen molar-refractivity contribution in [2.24, 2.45) is 0 Å². The molecule has 0 atom stereocenters. The Morgan fingerprint density at radius 1 is 1.05 bits per heavy atom. The van der Waals surface area contributed by atoms with Gasteiger partial charge >= 0.3 is 0 Å². The zero-order valence-electron chi connectivity index (χ0n) is 11.3. The summed E-state index contributed by atoms with van der Waals surface area (Å²) in [4.78, 5) is 8.28. The molecule has 106 valence electrons. The van der Waals surface area contributed by atoms with Crippen molar-refractivity contribution < 1.29 is 8.42 Å². The van der Waals surface area contributed by atoms with E-state index in [0.717, 1.165) is 10.9 Å². The van der Waals surface area contributed by atoms with E-state index < -0.39 is 10.0 Å². The van der Waals surface area contributed by atoms with E-state index in [9.17, 15) is 8.42 Å². The Balaban J connectivity index is 2.06. The average Bonchev–Trinajstić information content (AvgIpc) is 2.49. The maximum atomic E-state index is 12.5. The second kappa shape index (κ2) is 5.14. The number of pyridine rings is 2. The second-order valence-corrected chi connectivity index (χ2v) is 6.33. The fourth-order valence-corrected chi connectivity index (χ4v) is 3.29. The molecule has 2 heterocycles. The first-order valence-corrected chi connectivity index (χ1v) is 7.83. The molecule has 0 bridgehead atoms. The molecule has 0 fully saturated rings. The lowest BCUT2D eigenvalue weighted by Crippen LogP contribution is -2.14. The summed E-state index contributed by atoms with van der Waals surface area (Å²) in [5, 5.41) is 1.41. The Bertz CT molecular complexity index is 885. The monoisotopic (exact) mass is 299 g/mol. The smallest absolute Gasteiger partial charge is 0.263 e. The summed E-state index contributed by atoms with van der Waals surface area (Å²) in [7, 11) is -3.69. The molecule has 0 amide bonds. The van der Waals surface area contributed by atoms with Gasteiger partial charge in [0, 0.05) is 29.4 Å². The van der Waals surface area contributed by atoms with E-state index in [-0.39, 0.29) is 4.90 Å². The number of nitrogens with zero attached hydrogens (tertiary/aromatic N) is 2. The highest BCUT2D eigenvalue weighted by atomic mass is 32.2. The lowest BCUT2D eigenvalue weighted by atomic mass is 10.2. The van der Waals surface area contributed by atoms with Gasteiger partial charge in [-0.15, -0.1) is 0 Å². The summed E-state index contributed by atoms with van der Waals surface area (Å²) in [5.74, 6) is 0.298. The van der Waals surface area contributed by atoms with Gasteiger partial charge in [0.15, 0.2) is 0 Å². The van der Waals surface area contributed by atoms with Crippen LogP contribution in [0.2, 0.25) is 0 Å². The van der Waals surface area contributed by atoms with Crippen molar-refractivity contribution >= 4 is 26.6 Å². The molecule has 1 N–H and O–H groups in total. The first-order valence-electron chi connectivity index (χ1n) is 6.34. The number of nitrogens with one attached hydrogen (secondary N) is 1. The summed E-state index contributed by atoms with van der Waals surface area (Å²) in [6.45, 7) is 1.89. The molecule has 3 aromatic rings. The molecule has 0 aliphatic carbocycles. The molecule has 0 aliphatic rings. The van der Waals surface area contributed by atoms with Crippen LogP contribution in [-0.2, 0) is 10.0 Å². The van der Waals surface area contributed by atoms with Gasteiger partial charge in [-0.2, -0.15) is 0 Å².